The van der Waals surface area contributed by atoms with Gasteiger partial charge < -0.3 is 21.3 Å². The molecule has 2 unspecified atom stereocenters. The van der Waals surface area contributed by atoms with Gasteiger partial charge in [0.05, 0.1) is 6.04 Å². The first-order valence-electron chi connectivity index (χ1n) is 8.26. The Balaban J connectivity index is 1.83. The lowest BCUT2D eigenvalue weighted by atomic mass is 10.2. The molecule has 7 nitrogen and oxygen atoms in total. The number of alkyl halides is 1. The lowest BCUT2D eigenvalue weighted by molar-refractivity contribution is -0.133. The number of hydrogen-bond donors (Lipinski definition) is 3. The molecule has 1 aromatic carbocycles. The third kappa shape index (κ3) is 5.44. The molecule has 0 saturated carbocycles. The number of likely N-dealkylation sites (N-methyl/N-ethyl adjacent to an activating group) is 1. The zero-order valence-electron chi connectivity index (χ0n) is 14.1. The van der Waals surface area contributed by atoms with Crippen LogP contribution in [0.15, 0.2) is 24.3 Å². The van der Waals surface area contributed by atoms with E-state index in [9.17, 15) is 14.4 Å². The molecular weight excluding hydrogens is 344 g/mol. The number of carbonyl (C=O) groups excluding carboxylic acids is 3. The van der Waals surface area contributed by atoms with Crippen LogP contribution in [0.5, 0.6) is 0 Å². The zero-order chi connectivity index (χ0) is 18.4. The summed E-state index contributed by atoms with van der Waals surface area (Å²) in [6.45, 7) is 3.37. The molecule has 0 spiro atoms. The number of hydrogen-bond acceptors (Lipinski definition) is 4. The molecule has 1 aliphatic rings. The Hall–Kier alpha value is -2.12. The van der Waals surface area contributed by atoms with Crippen molar-refractivity contribution in [3.05, 3.63) is 29.8 Å². The molecule has 0 aromatic heterocycles. The lowest BCUT2D eigenvalue weighted by Crippen LogP contribution is -2.44. The van der Waals surface area contributed by atoms with Crippen LogP contribution < -0.4 is 16.4 Å². The van der Waals surface area contributed by atoms with Gasteiger partial charge in [-0.1, -0.05) is 0 Å². The SMILES string of the molecule is CCN(CCC(=O)Nc1ccc(C(N)=O)cc1)C(=O)C1CC(Cl)CN1. The molecule has 1 fully saturated rings. The normalized spacial score (nSPS) is 19.4. The van der Waals surface area contributed by atoms with Crippen LogP contribution in [0.25, 0.3) is 0 Å². The van der Waals surface area contributed by atoms with Crippen LogP contribution >= 0.6 is 11.6 Å². The van der Waals surface area contributed by atoms with E-state index in [4.69, 9.17) is 17.3 Å². The number of nitrogens with two attached hydrogens (primary N) is 1. The van der Waals surface area contributed by atoms with Crippen LogP contribution in [0, 0.1) is 0 Å². The van der Waals surface area contributed by atoms with Crippen molar-refractivity contribution in [3.63, 3.8) is 0 Å². The first-order chi connectivity index (χ1) is 11.9. The summed E-state index contributed by atoms with van der Waals surface area (Å²) < 4.78 is 0. The topological polar surface area (TPSA) is 105 Å². The highest BCUT2D eigenvalue weighted by atomic mass is 35.5. The standard InChI is InChI=1S/C17H23ClN4O3/c1-2-22(17(25)14-9-12(18)10-20-14)8-7-15(23)21-13-5-3-11(4-6-13)16(19)24/h3-6,12,14,20H,2,7-10H2,1H3,(H2,19,24)(H,21,23). The minimum Gasteiger partial charge on any atom is -0.366 e. The maximum Gasteiger partial charge on any atom is 0.248 e. The summed E-state index contributed by atoms with van der Waals surface area (Å²) in [6, 6.07) is 6.06. The predicted molar refractivity (Wildman–Crippen MR) is 96.5 cm³/mol. The summed E-state index contributed by atoms with van der Waals surface area (Å²) in [6.07, 6.45) is 0.795. The molecule has 1 saturated heterocycles. The summed E-state index contributed by atoms with van der Waals surface area (Å²) in [5.74, 6) is -0.744. The number of primary amides is 1. The van der Waals surface area contributed by atoms with Gasteiger partial charge in [0, 0.05) is 42.7 Å². The summed E-state index contributed by atoms with van der Waals surface area (Å²) in [5.41, 5.74) is 6.13. The smallest absolute Gasteiger partial charge is 0.248 e. The van der Waals surface area contributed by atoms with Gasteiger partial charge in [0.2, 0.25) is 17.7 Å². The Labute approximate surface area is 151 Å². The maximum absolute atomic E-state index is 12.4. The number of nitrogens with one attached hydrogen (secondary N) is 2. The second-order valence-corrected chi connectivity index (χ2v) is 6.57. The number of anilines is 1. The van der Waals surface area contributed by atoms with Crippen LogP contribution in [-0.2, 0) is 9.59 Å². The van der Waals surface area contributed by atoms with Crippen molar-refractivity contribution >= 4 is 35.0 Å². The number of nitrogens with zero attached hydrogens (tertiary/aromatic N) is 1. The summed E-state index contributed by atoms with van der Waals surface area (Å²) in [4.78, 5) is 37.2. The van der Waals surface area contributed by atoms with E-state index in [-0.39, 0.29) is 29.7 Å². The molecule has 0 radical (unpaired) electrons. The van der Waals surface area contributed by atoms with Crippen LogP contribution in [-0.4, -0.2) is 53.7 Å². The van der Waals surface area contributed by atoms with Crippen molar-refractivity contribution < 1.29 is 14.4 Å². The Kier molecular flexibility index (Phi) is 6.78. The fourth-order valence-electron chi connectivity index (χ4n) is 2.70. The van der Waals surface area contributed by atoms with Crippen molar-refractivity contribution in [1.82, 2.24) is 10.2 Å². The van der Waals surface area contributed by atoms with E-state index < -0.39 is 5.91 Å². The fourth-order valence-corrected chi connectivity index (χ4v) is 2.97. The van der Waals surface area contributed by atoms with Gasteiger partial charge in [-0.3, -0.25) is 14.4 Å². The Morgan fingerprint density at radius 3 is 2.52 bits per heavy atom. The number of benzene rings is 1. The van der Waals surface area contributed by atoms with Crippen molar-refractivity contribution in [2.75, 3.05) is 25.0 Å². The van der Waals surface area contributed by atoms with Crippen molar-refractivity contribution in [2.45, 2.75) is 31.2 Å². The number of rotatable bonds is 7. The second-order valence-electron chi connectivity index (χ2n) is 5.95. The molecule has 1 aliphatic heterocycles. The molecule has 4 N–H and O–H groups in total. The average Bonchev–Trinajstić information content (AvgIpc) is 3.02. The molecule has 1 heterocycles. The highest BCUT2D eigenvalue weighted by molar-refractivity contribution is 6.21. The third-order valence-corrected chi connectivity index (χ3v) is 4.46. The van der Waals surface area contributed by atoms with Crippen molar-refractivity contribution in [3.8, 4) is 0 Å². The van der Waals surface area contributed by atoms with E-state index >= 15 is 0 Å². The maximum atomic E-state index is 12.4. The predicted octanol–water partition coefficient (Wildman–Crippen LogP) is 0.932. The van der Waals surface area contributed by atoms with Crippen LogP contribution in [0.4, 0.5) is 5.69 Å². The van der Waals surface area contributed by atoms with Gasteiger partial charge >= 0.3 is 0 Å². The van der Waals surface area contributed by atoms with Crippen LogP contribution in [0.1, 0.15) is 30.1 Å². The van der Waals surface area contributed by atoms with Gasteiger partial charge in [0.1, 0.15) is 0 Å². The quantitative estimate of drug-likeness (QED) is 0.624. The largest absolute Gasteiger partial charge is 0.366 e. The van der Waals surface area contributed by atoms with Crippen molar-refractivity contribution in [1.29, 1.82) is 0 Å². The van der Waals surface area contributed by atoms with E-state index in [1.165, 1.54) is 0 Å². The van der Waals surface area contributed by atoms with E-state index in [1.807, 2.05) is 6.92 Å². The fraction of sp³-hybridized carbons (Fsp3) is 0.471. The number of carbonyl (C=O) groups is 3. The number of amides is 3. The van der Waals surface area contributed by atoms with E-state index in [0.29, 0.717) is 37.3 Å². The second kappa shape index (κ2) is 8.82. The van der Waals surface area contributed by atoms with Crippen molar-refractivity contribution in [2.24, 2.45) is 5.73 Å². The number of halogens is 1. The van der Waals surface area contributed by atoms with E-state index in [2.05, 4.69) is 10.6 Å². The molecule has 136 valence electrons. The molecule has 0 bridgehead atoms. The molecule has 25 heavy (non-hydrogen) atoms. The highest BCUT2D eigenvalue weighted by Gasteiger charge is 2.30. The minimum absolute atomic E-state index is 0.0238. The van der Waals surface area contributed by atoms with Crippen LogP contribution in [0.3, 0.4) is 0 Å². The molecule has 8 heteroatoms. The average molecular weight is 367 g/mol. The Morgan fingerprint density at radius 1 is 1.32 bits per heavy atom. The molecule has 3 amide bonds. The monoisotopic (exact) mass is 366 g/mol. The Morgan fingerprint density at radius 2 is 2.00 bits per heavy atom. The molecular formula is C17H23ClN4O3. The van der Waals surface area contributed by atoms with Gasteiger partial charge in [0.25, 0.3) is 0 Å². The molecule has 0 aliphatic carbocycles. The summed E-state index contributed by atoms with van der Waals surface area (Å²) in [5, 5.41) is 5.81. The van der Waals surface area contributed by atoms with Gasteiger partial charge in [-0.05, 0) is 37.6 Å². The molecule has 2 rings (SSSR count). The van der Waals surface area contributed by atoms with Crippen LogP contribution in [0.2, 0.25) is 0 Å². The summed E-state index contributed by atoms with van der Waals surface area (Å²) in [7, 11) is 0. The van der Waals surface area contributed by atoms with E-state index in [0.717, 1.165) is 0 Å². The highest BCUT2D eigenvalue weighted by Crippen LogP contribution is 2.15. The van der Waals surface area contributed by atoms with Gasteiger partial charge in [-0.2, -0.15) is 0 Å². The van der Waals surface area contributed by atoms with Gasteiger partial charge in [-0.15, -0.1) is 11.6 Å². The lowest BCUT2D eigenvalue weighted by Gasteiger charge is -2.24. The van der Waals surface area contributed by atoms with Gasteiger partial charge in [0.15, 0.2) is 0 Å². The van der Waals surface area contributed by atoms with Gasteiger partial charge in [-0.25, -0.2) is 0 Å². The van der Waals surface area contributed by atoms with E-state index in [1.54, 1.807) is 29.2 Å². The first-order valence-corrected chi connectivity index (χ1v) is 8.70. The molecule has 1 aromatic rings. The first kappa shape index (κ1) is 19.2. The molecule has 2 atom stereocenters. The Bertz CT molecular complexity index is 635. The minimum atomic E-state index is -0.519. The zero-order valence-corrected chi connectivity index (χ0v) is 14.9. The summed E-state index contributed by atoms with van der Waals surface area (Å²) >= 11 is 6.02. The third-order valence-electron chi connectivity index (χ3n) is 4.13.